The van der Waals surface area contributed by atoms with Gasteiger partial charge in [0.1, 0.15) is 12.2 Å². The summed E-state index contributed by atoms with van der Waals surface area (Å²) in [4.78, 5) is 21.1. The van der Waals surface area contributed by atoms with Crippen LogP contribution in [0, 0.1) is 10.1 Å². The third-order valence-corrected chi connectivity index (χ3v) is 3.01. The second-order valence-corrected chi connectivity index (χ2v) is 4.52. The highest BCUT2D eigenvalue weighted by Crippen LogP contribution is 2.29. The highest BCUT2D eigenvalue weighted by Gasteiger charge is 2.25. The number of amides is 1. The van der Waals surface area contributed by atoms with Crippen molar-refractivity contribution in [2.24, 2.45) is 0 Å². The molecule has 9 nitrogen and oxygen atoms in total. The first-order chi connectivity index (χ1) is 9.91. The molecule has 0 aliphatic rings. The van der Waals surface area contributed by atoms with Crippen LogP contribution in [0.15, 0.2) is 18.2 Å². The van der Waals surface area contributed by atoms with Crippen LogP contribution in [0.5, 0.6) is 0 Å². The molecular formula is C12H14N4O5. The summed E-state index contributed by atoms with van der Waals surface area (Å²) in [6.45, 7) is 1.14. The van der Waals surface area contributed by atoms with E-state index in [1.165, 1.54) is 19.1 Å². The zero-order valence-corrected chi connectivity index (χ0v) is 11.1. The summed E-state index contributed by atoms with van der Waals surface area (Å²) in [7, 11) is 0. The second-order valence-electron chi connectivity index (χ2n) is 4.52. The minimum atomic E-state index is -1.36. The number of aromatic amines is 1. The Morgan fingerprint density at radius 3 is 2.86 bits per heavy atom. The number of aliphatic hydroxyl groups is 2. The summed E-state index contributed by atoms with van der Waals surface area (Å²) in [5, 5.41) is 39.8. The zero-order chi connectivity index (χ0) is 15.6. The third-order valence-electron chi connectivity index (χ3n) is 3.01. The van der Waals surface area contributed by atoms with Crippen LogP contribution in [-0.2, 0) is 4.79 Å². The number of aliphatic hydroxyl groups excluding tert-OH is 2. The molecule has 112 valence electrons. The number of para-hydroxylation sites is 1. The summed E-state index contributed by atoms with van der Waals surface area (Å²) in [6.07, 6.45) is -2.62. The lowest BCUT2D eigenvalue weighted by molar-refractivity contribution is -0.383. The number of fused-ring (bicyclic) bond motifs is 1. The Morgan fingerprint density at radius 1 is 1.52 bits per heavy atom. The van der Waals surface area contributed by atoms with Crippen molar-refractivity contribution in [3.8, 4) is 0 Å². The molecule has 21 heavy (non-hydrogen) atoms. The molecule has 4 N–H and O–H groups in total. The largest absolute Gasteiger partial charge is 0.388 e. The van der Waals surface area contributed by atoms with E-state index in [1.807, 2.05) is 0 Å². The number of nitrogens with one attached hydrogen (secondary N) is 2. The number of aromatic nitrogens is 2. The first kappa shape index (κ1) is 14.9. The Balaban J connectivity index is 2.32. The Morgan fingerprint density at radius 2 is 2.24 bits per heavy atom. The highest BCUT2D eigenvalue weighted by molar-refractivity contribution is 5.89. The molecule has 2 atom stereocenters. The molecular weight excluding hydrogens is 280 g/mol. The molecule has 0 saturated heterocycles. The maximum Gasteiger partial charge on any atom is 0.297 e. The Bertz CT molecular complexity index is 683. The van der Waals surface area contributed by atoms with Gasteiger partial charge in [0.15, 0.2) is 5.52 Å². The molecule has 2 rings (SSSR count). The summed E-state index contributed by atoms with van der Waals surface area (Å²) in [5.41, 5.74) is 0.0633. The van der Waals surface area contributed by atoms with Crippen molar-refractivity contribution < 1.29 is 19.9 Å². The van der Waals surface area contributed by atoms with Gasteiger partial charge >= 0.3 is 0 Å². The monoisotopic (exact) mass is 294 g/mol. The molecule has 0 radical (unpaired) electrons. The van der Waals surface area contributed by atoms with Gasteiger partial charge in [0, 0.05) is 24.9 Å². The van der Waals surface area contributed by atoms with E-state index in [-0.39, 0.29) is 29.3 Å². The standard InChI is InChI=1S/C12H14N4O5/c1-6(17)13-5-9(18)12(19)11-7-3-2-4-8(16(20)21)10(7)14-15-11/h2-4,9,12,18-19H,5H2,1H3,(H,13,17)(H,14,15). The van der Waals surface area contributed by atoms with E-state index in [1.54, 1.807) is 6.07 Å². The summed E-state index contributed by atoms with van der Waals surface area (Å²) in [6, 6.07) is 4.31. The number of H-pyrrole nitrogens is 1. The number of nitrogens with zero attached hydrogens (tertiary/aromatic N) is 2. The quantitative estimate of drug-likeness (QED) is 0.452. The SMILES string of the molecule is CC(=O)NCC(O)C(O)c1[nH]nc2c([N+](=O)[O-])cccc12. The summed E-state index contributed by atoms with van der Waals surface area (Å²) >= 11 is 0. The number of nitro groups is 1. The van der Waals surface area contributed by atoms with Gasteiger partial charge in [-0.1, -0.05) is 12.1 Å². The topological polar surface area (TPSA) is 141 Å². The molecule has 1 aromatic heterocycles. The maximum absolute atomic E-state index is 10.9. The predicted octanol–water partition coefficient (Wildman–Crippen LogP) is 0.00150. The van der Waals surface area contributed by atoms with E-state index in [9.17, 15) is 25.1 Å². The smallest absolute Gasteiger partial charge is 0.297 e. The summed E-state index contributed by atoms with van der Waals surface area (Å²) < 4.78 is 0. The number of hydrogen-bond donors (Lipinski definition) is 4. The van der Waals surface area contributed by atoms with E-state index < -0.39 is 17.1 Å². The third kappa shape index (κ3) is 2.98. The summed E-state index contributed by atoms with van der Waals surface area (Å²) in [5.74, 6) is -0.341. The van der Waals surface area contributed by atoms with E-state index in [0.717, 1.165) is 0 Å². The number of benzene rings is 1. The molecule has 0 bridgehead atoms. The minimum absolute atomic E-state index is 0.100. The van der Waals surface area contributed by atoms with Gasteiger partial charge in [-0.25, -0.2) is 0 Å². The van der Waals surface area contributed by atoms with Crippen molar-refractivity contribution in [2.45, 2.75) is 19.1 Å². The fourth-order valence-electron chi connectivity index (χ4n) is 1.97. The molecule has 0 aliphatic carbocycles. The molecule has 2 aromatic rings. The van der Waals surface area contributed by atoms with Crippen LogP contribution < -0.4 is 5.32 Å². The first-order valence-electron chi connectivity index (χ1n) is 6.13. The number of hydrogen-bond acceptors (Lipinski definition) is 6. The lowest BCUT2D eigenvalue weighted by Crippen LogP contribution is -2.34. The average molecular weight is 294 g/mol. The molecule has 0 spiro atoms. The van der Waals surface area contributed by atoms with Crippen molar-refractivity contribution in [3.63, 3.8) is 0 Å². The lowest BCUT2D eigenvalue weighted by atomic mass is 10.1. The fourth-order valence-corrected chi connectivity index (χ4v) is 1.97. The van der Waals surface area contributed by atoms with Gasteiger partial charge in [-0.05, 0) is 0 Å². The van der Waals surface area contributed by atoms with Gasteiger partial charge < -0.3 is 15.5 Å². The first-order valence-corrected chi connectivity index (χ1v) is 6.13. The van der Waals surface area contributed by atoms with Crippen LogP contribution in [0.4, 0.5) is 5.69 Å². The lowest BCUT2D eigenvalue weighted by Gasteiger charge is -2.16. The van der Waals surface area contributed by atoms with Gasteiger partial charge in [-0.15, -0.1) is 0 Å². The Labute approximate surface area is 118 Å². The van der Waals surface area contributed by atoms with Crippen molar-refractivity contribution in [1.82, 2.24) is 15.5 Å². The Hall–Kier alpha value is -2.52. The molecule has 1 heterocycles. The van der Waals surface area contributed by atoms with Crippen LogP contribution in [0.1, 0.15) is 18.7 Å². The predicted molar refractivity (Wildman–Crippen MR) is 72.4 cm³/mol. The van der Waals surface area contributed by atoms with Crippen molar-refractivity contribution >= 4 is 22.5 Å². The second kappa shape index (κ2) is 5.85. The van der Waals surface area contributed by atoms with Crippen LogP contribution >= 0.6 is 0 Å². The van der Waals surface area contributed by atoms with Gasteiger partial charge in [0.2, 0.25) is 5.91 Å². The van der Waals surface area contributed by atoms with Gasteiger partial charge in [-0.3, -0.25) is 20.0 Å². The molecule has 0 fully saturated rings. The Kier molecular flexibility index (Phi) is 4.15. The fraction of sp³-hybridized carbons (Fsp3) is 0.333. The van der Waals surface area contributed by atoms with Gasteiger partial charge in [-0.2, -0.15) is 5.10 Å². The van der Waals surface area contributed by atoms with Crippen molar-refractivity contribution in [1.29, 1.82) is 0 Å². The normalized spacial score (nSPS) is 13.9. The minimum Gasteiger partial charge on any atom is -0.388 e. The van der Waals surface area contributed by atoms with Crippen LogP contribution in [0.2, 0.25) is 0 Å². The number of carbonyl (C=O) groups excluding carboxylic acids is 1. The highest BCUT2D eigenvalue weighted by atomic mass is 16.6. The van der Waals surface area contributed by atoms with E-state index in [2.05, 4.69) is 15.5 Å². The van der Waals surface area contributed by atoms with Gasteiger partial charge in [0.25, 0.3) is 5.69 Å². The average Bonchev–Trinajstić information content (AvgIpc) is 2.87. The van der Waals surface area contributed by atoms with Crippen LogP contribution in [0.25, 0.3) is 10.9 Å². The molecule has 1 amide bonds. The number of rotatable bonds is 5. The number of non-ortho nitro benzene ring substituents is 1. The number of nitro benzene ring substituents is 1. The van der Waals surface area contributed by atoms with Crippen LogP contribution in [0.3, 0.4) is 0 Å². The van der Waals surface area contributed by atoms with E-state index >= 15 is 0 Å². The zero-order valence-electron chi connectivity index (χ0n) is 11.1. The van der Waals surface area contributed by atoms with Crippen LogP contribution in [-0.4, -0.2) is 43.9 Å². The molecule has 9 heteroatoms. The molecule has 0 aliphatic heterocycles. The molecule has 1 aromatic carbocycles. The number of carbonyl (C=O) groups is 1. The van der Waals surface area contributed by atoms with Crippen molar-refractivity contribution in [3.05, 3.63) is 34.0 Å². The molecule has 0 saturated carbocycles. The van der Waals surface area contributed by atoms with Gasteiger partial charge in [0.05, 0.1) is 10.6 Å². The maximum atomic E-state index is 10.9. The van der Waals surface area contributed by atoms with E-state index in [4.69, 9.17) is 0 Å². The molecule has 2 unspecified atom stereocenters. The van der Waals surface area contributed by atoms with E-state index in [0.29, 0.717) is 5.39 Å². The van der Waals surface area contributed by atoms with Crippen molar-refractivity contribution in [2.75, 3.05) is 6.54 Å².